The average molecular weight is 232 g/mol. The molecule has 0 bridgehead atoms. The minimum absolute atomic E-state index is 0.424. The van der Waals surface area contributed by atoms with Crippen LogP contribution in [0.3, 0.4) is 0 Å². The van der Waals surface area contributed by atoms with Crippen molar-refractivity contribution in [3.8, 4) is 0 Å². The Morgan fingerprint density at radius 2 is 1.82 bits per heavy atom. The van der Waals surface area contributed by atoms with Crippen molar-refractivity contribution in [2.45, 2.75) is 32.7 Å². The van der Waals surface area contributed by atoms with Gasteiger partial charge in [-0.1, -0.05) is 37.3 Å². The summed E-state index contributed by atoms with van der Waals surface area (Å²) in [5.74, 6) is 0. The van der Waals surface area contributed by atoms with E-state index in [0.717, 1.165) is 13.1 Å². The van der Waals surface area contributed by atoms with Gasteiger partial charge in [0.25, 0.3) is 0 Å². The van der Waals surface area contributed by atoms with E-state index >= 15 is 0 Å². The van der Waals surface area contributed by atoms with Crippen LogP contribution in [0.1, 0.15) is 31.7 Å². The summed E-state index contributed by atoms with van der Waals surface area (Å²) >= 11 is 0. The number of hydrogen-bond donors (Lipinski definition) is 1. The SMILES string of the molecule is CCC1(CN)CCN(Cc2ccccc2)CC1. The summed E-state index contributed by atoms with van der Waals surface area (Å²) in [6.07, 6.45) is 3.74. The number of likely N-dealkylation sites (tertiary alicyclic amines) is 1. The molecule has 2 nitrogen and oxygen atoms in total. The highest BCUT2D eigenvalue weighted by Crippen LogP contribution is 2.33. The first-order chi connectivity index (χ1) is 8.28. The Labute approximate surface area is 105 Å². The second-order valence-electron chi connectivity index (χ2n) is 5.32. The van der Waals surface area contributed by atoms with Crippen LogP contribution in [0.4, 0.5) is 0 Å². The highest BCUT2D eigenvalue weighted by atomic mass is 15.1. The lowest BCUT2D eigenvalue weighted by Gasteiger charge is -2.40. The number of hydrogen-bond acceptors (Lipinski definition) is 2. The van der Waals surface area contributed by atoms with Crippen molar-refractivity contribution in [1.29, 1.82) is 0 Å². The number of rotatable bonds is 4. The van der Waals surface area contributed by atoms with Gasteiger partial charge in [0.2, 0.25) is 0 Å². The summed E-state index contributed by atoms with van der Waals surface area (Å²) in [5.41, 5.74) is 7.77. The molecule has 1 aromatic carbocycles. The van der Waals surface area contributed by atoms with Crippen LogP contribution in [0.25, 0.3) is 0 Å². The topological polar surface area (TPSA) is 29.3 Å². The average Bonchev–Trinajstić information content (AvgIpc) is 2.41. The fourth-order valence-corrected chi connectivity index (χ4v) is 2.73. The summed E-state index contributed by atoms with van der Waals surface area (Å²) in [6.45, 7) is 6.60. The van der Waals surface area contributed by atoms with Gasteiger partial charge in [-0.2, -0.15) is 0 Å². The van der Waals surface area contributed by atoms with Gasteiger partial charge in [-0.3, -0.25) is 4.90 Å². The molecule has 0 unspecified atom stereocenters. The van der Waals surface area contributed by atoms with Crippen molar-refractivity contribution in [2.24, 2.45) is 11.1 Å². The molecular formula is C15H24N2. The molecule has 1 saturated heterocycles. The minimum Gasteiger partial charge on any atom is -0.330 e. The van der Waals surface area contributed by atoms with E-state index in [4.69, 9.17) is 5.73 Å². The zero-order chi connectivity index (χ0) is 12.1. The maximum atomic E-state index is 5.93. The molecule has 1 fully saturated rings. The van der Waals surface area contributed by atoms with Crippen LogP contribution in [-0.2, 0) is 6.54 Å². The molecule has 2 heteroatoms. The van der Waals surface area contributed by atoms with E-state index in [-0.39, 0.29) is 0 Å². The molecule has 0 atom stereocenters. The molecule has 1 heterocycles. The lowest BCUT2D eigenvalue weighted by atomic mass is 9.76. The summed E-state index contributed by atoms with van der Waals surface area (Å²) in [4.78, 5) is 2.55. The van der Waals surface area contributed by atoms with E-state index in [1.807, 2.05) is 0 Å². The molecule has 0 amide bonds. The summed E-state index contributed by atoms with van der Waals surface area (Å²) < 4.78 is 0. The lowest BCUT2D eigenvalue weighted by molar-refractivity contribution is 0.101. The fraction of sp³-hybridized carbons (Fsp3) is 0.600. The van der Waals surface area contributed by atoms with Crippen molar-refractivity contribution in [2.75, 3.05) is 19.6 Å². The number of piperidine rings is 1. The van der Waals surface area contributed by atoms with E-state index in [9.17, 15) is 0 Å². The molecule has 2 rings (SSSR count). The summed E-state index contributed by atoms with van der Waals surface area (Å²) in [5, 5.41) is 0. The Bertz CT molecular complexity index is 320. The van der Waals surface area contributed by atoms with E-state index in [1.165, 1.54) is 37.9 Å². The zero-order valence-electron chi connectivity index (χ0n) is 10.9. The second-order valence-corrected chi connectivity index (χ2v) is 5.32. The predicted molar refractivity (Wildman–Crippen MR) is 72.7 cm³/mol. The van der Waals surface area contributed by atoms with E-state index in [2.05, 4.69) is 42.2 Å². The van der Waals surface area contributed by atoms with Gasteiger partial charge >= 0.3 is 0 Å². The molecule has 17 heavy (non-hydrogen) atoms. The van der Waals surface area contributed by atoms with Gasteiger partial charge in [0.05, 0.1) is 0 Å². The Morgan fingerprint density at radius 3 is 2.35 bits per heavy atom. The largest absolute Gasteiger partial charge is 0.330 e. The molecule has 0 aliphatic carbocycles. The van der Waals surface area contributed by atoms with Crippen molar-refractivity contribution in [3.05, 3.63) is 35.9 Å². The van der Waals surface area contributed by atoms with Crippen LogP contribution < -0.4 is 5.73 Å². The Hall–Kier alpha value is -0.860. The Kier molecular flexibility index (Phi) is 4.19. The molecule has 0 saturated carbocycles. The molecule has 0 radical (unpaired) electrons. The highest BCUT2D eigenvalue weighted by Gasteiger charge is 2.31. The zero-order valence-corrected chi connectivity index (χ0v) is 10.9. The monoisotopic (exact) mass is 232 g/mol. The van der Waals surface area contributed by atoms with Gasteiger partial charge in [-0.05, 0) is 49.9 Å². The number of nitrogens with two attached hydrogens (primary N) is 1. The van der Waals surface area contributed by atoms with Crippen LogP contribution >= 0.6 is 0 Å². The maximum absolute atomic E-state index is 5.93. The Balaban J connectivity index is 1.87. The molecule has 94 valence electrons. The quantitative estimate of drug-likeness (QED) is 0.864. The number of benzene rings is 1. The van der Waals surface area contributed by atoms with Crippen LogP contribution in [0.15, 0.2) is 30.3 Å². The van der Waals surface area contributed by atoms with Crippen LogP contribution in [0.2, 0.25) is 0 Å². The standard InChI is InChI=1S/C15H24N2/c1-2-15(13-16)8-10-17(11-9-15)12-14-6-4-3-5-7-14/h3-7H,2,8-13,16H2,1H3. The van der Waals surface area contributed by atoms with Gasteiger partial charge < -0.3 is 5.73 Å². The second kappa shape index (κ2) is 5.65. The van der Waals surface area contributed by atoms with Gasteiger partial charge in [0.1, 0.15) is 0 Å². The van der Waals surface area contributed by atoms with E-state index < -0.39 is 0 Å². The van der Waals surface area contributed by atoms with Crippen molar-refractivity contribution in [3.63, 3.8) is 0 Å². The van der Waals surface area contributed by atoms with Crippen LogP contribution in [-0.4, -0.2) is 24.5 Å². The summed E-state index contributed by atoms with van der Waals surface area (Å²) in [7, 11) is 0. The molecule has 0 spiro atoms. The minimum atomic E-state index is 0.424. The first-order valence-electron chi connectivity index (χ1n) is 6.74. The first kappa shape index (κ1) is 12.6. The third kappa shape index (κ3) is 3.08. The molecule has 0 aromatic heterocycles. The maximum Gasteiger partial charge on any atom is 0.0233 e. The van der Waals surface area contributed by atoms with Crippen LogP contribution in [0, 0.1) is 5.41 Å². The lowest BCUT2D eigenvalue weighted by Crippen LogP contribution is -2.43. The van der Waals surface area contributed by atoms with Gasteiger partial charge in [-0.25, -0.2) is 0 Å². The van der Waals surface area contributed by atoms with E-state index in [1.54, 1.807) is 0 Å². The Morgan fingerprint density at radius 1 is 1.18 bits per heavy atom. The predicted octanol–water partition coefficient (Wildman–Crippen LogP) is 2.64. The molecular weight excluding hydrogens is 208 g/mol. The normalized spacial score (nSPS) is 20.4. The first-order valence-corrected chi connectivity index (χ1v) is 6.74. The fourth-order valence-electron chi connectivity index (χ4n) is 2.73. The van der Waals surface area contributed by atoms with Crippen LogP contribution in [0.5, 0.6) is 0 Å². The van der Waals surface area contributed by atoms with Crippen molar-refractivity contribution >= 4 is 0 Å². The van der Waals surface area contributed by atoms with Gasteiger partial charge in [-0.15, -0.1) is 0 Å². The van der Waals surface area contributed by atoms with Gasteiger partial charge in [0, 0.05) is 6.54 Å². The smallest absolute Gasteiger partial charge is 0.0233 e. The molecule has 1 aromatic rings. The summed E-state index contributed by atoms with van der Waals surface area (Å²) in [6, 6.07) is 10.7. The van der Waals surface area contributed by atoms with Crippen molar-refractivity contribution < 1.29 is 0 Å². The van der Waals surface area contributed by atoms with Gasteiger partial charge in [0.15, 0.2) is 0 Å². The molecule has 1 aliphatic heterocycles. The number of nitrogens with zero attached hydrogens (tertiary/aromatic N) is 1. The highest BCUT2D eigenvalue weighted by molar-refractivity contribution is 5.14. The molecule has 2 N–H and O–H groups in total. The third-order valence-electron chi connectivity index (χ3n) is 4.35. The van der Waals surface area contributed by atoms with Crippen molar-refractivity contribution in [1.82, 2.24) is 4.90 Å². The third-order valence-corrected chi connectivity index (χ3v) is 4.35. The van der Waals surface area contributed by atoms with E-state index in [0.29, 0.717) is 5.41 Å². The molecule has 1 aliphatic rings.